The topological polar surface area (TPSA) is 26.3 Å². The van der Waals surface area contributed by atoms with Crippen LogP contribution in [0.4, 0.5) is 0 Å². The fraction of sp³-hybridized carbons (Fsp3) is 0.417. The molecule has 0 N–H and O–H groups in total. The molecule has 1 rings (SSSR count). The number of rotatable bonds is 6. The predicted octanol–water partition coefficient (Wildman–Crippen LogP) is 2.24. The molecule has 0 aliphatic carbocycles. The molecule has 0 atom stereocenters. The van der Waals surface area contributed by atoms with Crippen molar-refractivity contribution in [1.29, 1.82) is 0 Å². The van der Waals surface area contributed by atoms with Crippen LogP contribution in [0.1, 0.15) is 30.1 Å². The summed E-state index contributed by atoms with van der Waals surface area (Å²) in [5.41, 5.74) is 1.19. The zero-order valence-corrected chi connectivity index (χ0v) is 10.9. The molecule has 84 valence electrons. The van der Waals surface area contributed by atoms with Crippen molar-refractivity contribution in [3.63, 3.8) is 0 Å². The highest BCUT2D eigenvalue weighted by Crippen LogP contribution is 2.18. The molecule has 0 aliphatic heterocycles. The minimum Gasteiger partial charge on any atom is -0.493 e. The molecule has 0 aliphatic rings. The maximum atomic E-state index is 11.6. The van der Waals surface area contributed by atoms with E-state index in [2.05, 4.69) is 22.9 Å². The van der Waals surface area contributed by atoms with Crippen LogP contribution in [0, 0.1) is 0 Å². The van der Waals surface area contributed by atoms with Gasteiger partial charge < -0.3 is 4.74 Å². The van der Waals surface area contributed by atoms with Crippen LogP contribution in [0.5, 0.6) is 5.75 Å². The number of halogens is 1. The lowest BCUT2D eigenvalue weighted by Crippen LogP contribution is -2.10. The molecule has 0 heterocycles. The normalized spacial score (nSPS) is 10.1. The van der Waals surface area contributed by atoms with Gasteiger partial charge >= 0.3 is 0 Å². The fourth-order valence-corrected chi connectivity index (χ4v) is 1.59. The third-order valence-electron chi connectivity index (χ3n) is 2.18. The van der Waals surface area contributed by atoms with Crippen LogP contribution in [0.2, 0.25) is 0 Å². The first kappa shape index (κ1) is 13.3. The van der Waals surface area contributed by atoms with Gasteiger partial charge in [0.1, 0.15) is 13.6 Å². The van der Waals surface area contributed by atoms with Crippen LogP contribution in [0.15, 0.2) is 18.2 Å². The third kappa shape index (κ3) is 3.67. The van der Waals surface area contributed by atoms with E-state index >= 15 is 0 Å². The number of carbonyl (C=O) groups is 1. The highest BCUT2D eigenvalue weighted by Gasteiger charge is 2.11. The van der Waals surface area contributed by atoms with E-state index in [0.29, 0.717) is 28.7 Å². The van der Waals surface area contributed by atoms with E-state index in [-0.39, 0.29) is 5.78 Å². The Balaban J connectivity index is 2.85. The summed E-state index contributed by atoms with van der Waals surface area (Å²) in [7, 11) is 5.67. The van der Waals surface area contributed by atoms with Crippen LogP contribution in [0.25, 0.3) is 0 Å². The van der Waals surface area contributed by atoms with E-state index in [1.807, 2.05) is 0 Å². The molecular weight excluding hydrogens is 267 g/mol. The Bertz CT molecular complexity index is 366. The Kier molecular flexibility index (Phi) is 5.60. The molecule has 0 fully saturated rings. The Morgan fingerprint density at radius 3 is 2.88 bits per heavy atom. The average molecular weight is 281 g/mol. The van der Waals surface area contributed by atoms with Gasteiger partial charge in [-0.2, -0.15) is 0 Å². The maximum Gasteiger partial charge on any atom is 0.177 e. The van der Waals surface area contributed by atoms with Gasteiger partial charge in [-0.15, -0.1) is 0 Å². The second kappa shape index (κ2) is 6.74. The van der Waals surface area contributed by atoms with Gasteiger partial charge in [0.05, 0.1) is 17.5 Å². The largest absolute Gasteiger partial charge is 0.493 e. The zero-order chi connectivity index (χ0) is 12.0. The molecular formula is C12H14BBrO2. The van der Waals surface area contributed by atoms with Gasteiger partial charge in [-0.25, -0.2) is 0 Å². The summed E-state index contributed by atoms with van der Waals surface area (Å²) >= 11 is 3.15. The first-order chi connectivity index (χ1) is 7.69. The quantitative estimate of drug-likeness (QED) is 0.346. The molecule has 16 heavy (non-hydrogen) atoms. The van der Waals surface area contributed by atoms with Crippen molar-refractivity contribution in [2.24, 2.45) is 0 Å². The van der Waals surface area contributed by atoms with Crippen LogP contribution in [-0.4, -0.2) is 25.6 Å². The summed E-state index contributed by atoms with van der Waals surface area (Å²) < 4.78 is 5.56. The molecule has 0 saturated carbocycles. The monoisotopic (exact) mass is 280 g/mol. The number of carbonyl (C=O) groups excluding carboxylic acids is 1. The van der Waals surface area contributed by atoms with Crippen LogP contribution < -0.4 is 10.2 Å². The summed E-state index contributed by atoms with van der Waals surface area (Å²) in [5, 5.41) is 0.293. The first-order valence-corrected chi connectivity index (χ1v) is 6.42. The molecule has 0 unspecified atom stereocenters. The lowest BCUT2D eigenvalue weighted by molar-refractivity contribution is 0.102. The summed E-state index contributed by atoms with van der Waals surface area (Å²) in [6, 6.07) is 5.12. The molecule has 0 aromatic heterocycles. The Labute approximate surface area is 106 Å². The van der Waals surface area contributed by atoms with E-state index < -0.39 is 0 Å². The standard InChI is InChI=1S/C12H14BBrO2/c1-2-3-6-16-12-7-9(13)4-5-10(12)11(15)8-14/h4-5,7H,2-3,6,8H2,1H3. The van der Waals surface area contributed by atoms with Crippen molar-refractivity contribution in [3.05, 3.63) is 23.8 Å². The van der Waals surface area contributed by atoms with Crippen LogP contribution in [0.3, 0.4) is 0 Å². The molecule has 0 spiro atoms. The van der Waals surface area contributed by atoms with E-state index in [9.17, 15) is 4.79 Å². The van der Waals surface area contributed by atoms with E-state index in [4.69, 9.17) is 12.6 Å². The Morgan fingerprint density at radius 2 is 2.25 bits per heavy atom. The Morgan fingerprint density at radius 1 is 1.50 bits per heavy atom. The highest BCUT2D eigenvalue weighted by molar-refractivity contribution is 9.09. The minimum absolute atomic E-state index is 0.00602. The number of ether oxygens (including phenoxy) is 1. The number of hydrogen-bond donors (Lipinski definition) is 0. The number of Topliss-reactive ketones (excluding diaryl/α,β-unsaturated/α-hetero) is 1. The van der Waals surface area contributed by atoms with Crippen molar-refractivity contribution in [3.8, 4) is 5.75 Å². The fourth-order valence-electron chi connectivity index (χ4n) is 1.29. The van der Waals surface area contributed by atoms with Crippen molar-refractivity contribution in [1.82, 2.24) is 0 Å². The second-order valence-electron chi connectivity index (χ2n) is 3.51. The molecule has 1 aromatic rings. The van der Waals surface area contributed by atoms with E-state index in [0.717, 1.165) is 12.8 Å². The van der Waals surface area contributed by atoms with Crippen LogP contribution >= 0.6 is 15.9 Å². The number of alkyl halides is 1. The molecule has 0 amide bonds. The number of unbranched alkanes of at least 4 members (excludes halogenated alkanes) is 1. The summed E-state index contributed by atoms with van der Waals surface area (Å²) in [6.07, 6.45) is 2.03. The summed E-state index contributed by atoms with van der Waals surface area (Å²) in [6.45, 7) is 2.70. The van der Waals surface area contributed by atoms with Gasteiger partial charge in [0.25, 0.3) is 0 Å². The van der Waals surface area contributed by atoms with E-state index in [1.165, 1.54) is 0 Å². The maximum absolute atomic E-state index is 11.6. The van der Waals surface area contributed by atoms with E-state index in [1.54, 1.807) is 18.2 Å². The predicted molar refractivity (Wildman–Crippen MR) is 70.4 cm³/mol. The second-order valence-corrected chi connectivity index (χ2v) is 4.08. The summed E-state index contributed by atoms with van der Waals surface area (Å²) in [5.74, 6) is 0.587. The van der Waals surface area contributed by atoms with Gasteiger partial charge in [0.15, 0.2) is 5.78 Å². The van der Waals surface area contributed by atoms with Gasteiger partial charge in [-0.05, 0) is 18.6 Å². The molecule has 2 radical (unpaired) electrons. The highest BCUT2D eigenvalue weighted by atomic mass is 79.9. The SMILES string of the molecule is [B]c1ccc(C(=O)CBr)c(OCCCC)c1. The lowest BCUT2D eigenvalue weighted by atomic mass is 9.94. The first-order valence-electron chi connectivity index (χ1n) is 5.30. The number of benzene rings is 1. The average Bonchev–Trinajstić information content (AvgIpc) is 2.29. The van der Waals surface area contributed by atoms with Gasteiger partial charge in [0.2, 0.25) is 0 Å². The molecule has 0 saturated heterocycles. The molecule has 4 heteroatoms. The molecule has 2 nitrogen and oxygen atoms in total. The lowest BCUT2D eigenvalue weighted by Gasteiger charge is -2.10. The minimum atomic E-state index is 0.00602. The molecule has 1 aromatic carbocycles. The summed E-state index contributed by atoms with van der Waals surface area (Å²) in [4.78, 5) is 11.6. The van der Waals surface area contributed by atoms with Crippen molar-refractivity contribution < 1.29 is 9.53 Å². The zero-order valence-electron chi connectivity index (χ0n) is 9.33. The molecule has 0 bridgehead atoms. The third-order valence-corrected chi connectivity index (χ3v) is 2.69. The van der Waals surface area contributed by atoms with Gasteiger partial charge in [-0.3, -0.25) is 4.79 Å². The number of hydrogen-bond acceptors (Lipinski definition) is 2. The van der Waals surface area contributed by atoms with Crippen molar-refractivity contribution in [2.45, 2.75) is 19.8 Å². The van der Waals surface area contributed by atoms with Crippen LogP contribution in [-0.2, 0) is 0 Å². The van der Waals surface area contributed by atoms with Crippen molar-refractivity contribution >= 4 is 35.0 Å². The Hall–Kier alpha value is -0.765. The smallest absolute Gasteiger partial charge is 0.177 e. The number of ketones is 1. The van der Waals surface area contributed by atoms with Gasteiger partial charge in [-0.1, -0.05) is 40.8 Å². The van der Waals surface area contributed by atoms with Crippen molar-refractivity contribution in [2.75, 3.05) is 11.9 Å². The van der Waals surface area contributed by atoms with Gasteiger partial charge in [0, 0.05) is 0 Å².